The van der Waals surface area contributed by atoms with Crippen molar-refractivity contribution in [2.24, 2.45) is 16.8 Å². The van der Waals surface area contributed by atoms with Gasteiger partial charge in [0.05, 0.1) is 11.2 Å². The van der Waals surface area contributed by atoms with Gasteiger partial charge in [-0.05, 0) is 49.4 Å². The van der Waals surface area contributed by atoms with Crippen LogP contribution < -0.4 is 11.1 Å². The molecule has 2 aliphatic rings. The minimum atomic E-state index is -0.333. The van der Waals surface area contributed by atoms with Gasteiger partial charge in [-0.15, -0.1) is 0 Å². The summed E-state index contributed by atoms with van der Waals surface area (Å²) in [5.41, 5.74) is 8.22. The number of aromatic nitrogens is 3. The number of hydrogen-bond acceptors (Lipinski definition) is 7. The van der Waals surface area contributed by atoms with E-state index >= 15 is 0 Å². The lowest BCUT2D eigenvalue weighted by molar-refractivity contribution is -0.115. The minimum Gasteiger partial charge on any atom is -0.391 e. The van der Waals surface area contributed by atoms with Gasteiger partial charge in [0.25, 0.3) is 5.91 Å². The van der Waals surface area contributed by atoms with E-state index < -0.39 is 0 Å². The molecule has 0 bridgehead atoms. The summed E-state index contributed by atoms with van der Waals surface area (Å²) in [5, 5.41) is 8.33. The fraction of sp³-hybridized carbons (Fsp3) is 0.407. The van der Waals surface area contributed by atoms with E-state index in [2.05, 4.69) is 31.2 Å². The molecule has 9 heteroatoms. The number of carbonyl (C=O) groups excluding carboxylic acids is 2. The van der Waals surface area contributed by atoms with Crippen LogP contribution in [0, 0.1) is 12.8 Å². The van der Waals surface area contributed by atoms with Crippen LogP contribution in [0.1, 0.15) is 73.0 Å². The predicted molar refractivity (Wildman–Crippen MR) is 137 cm³/mol. The summed E-state index contributed by atoms with van der Waals surface area (Å²) in [6.45, 7) is 3.50. The van der Waals surface area contributed by atoms with Crippen molar-refractivity contribution in [1.29, 1.82) is 0 Å². The summed E-state index contributed by atoms with van der Waals surface area (Å²) in [7, 11) is 0. The van der Waals surface area contributed by atoms with Crippen molar-refractivity contribution in [2.75, 3.05) is 0 Å². The predicted octanol–water partition coefficient (Wildman–Crippen LogP) is 3.83. The second-order valence-electron chi connectivity index (χ2n) is 9.25. The van der Waals surface area contributed by atoms with Crippen LogP contribution in [0.4, 0.5) is 0 Å². The highest BCUT2D eigenvalue weighted by molar-refractivity contribution is 6.02. The molecule has 1 aliphatic carbocycles. The largest absolute Gasteiger partial charge is 0.391 e. The third-order valence-corrected chi connectivity index (χ3v) is 6.41. The Kier molecular flexibility index (Phi) is 8.20. The number of benzene rings is 1. The third kappa shape index (κ3) is 6.41. The number of para-hydroxylation sites is 1. The van der Waals surface area contributed by atoms with Gasteiger partial charge in [0, 0.05) is 31.5 Å². The van der Waals surface area contributed by atoms with E-state index in [0.29, 0.717) is 29.7 Å². The maximum absolute atomic E-state index is 12.9. The molecule has 1 fully saturated rings. The zero-order valence-corrected chi connectivity index (χ0v) is 20.7. The fourth-order valence-electron chi connectivity index (χ4n) is 4.71. The van der Waals surface area contributed by atoms with Gasteiger partial charge in [0.15, 0.2) is 0 Å². The lowest BCUT2D eigenvalue weighted by atomic mass is 9.83. The van der Waals surface area contributed by atoms with Gasteiger partial charge >= 0.3 is 0 Å². The quantitative estimate of drug-likeness (QED) is 0.561. The first kappa shape index (κ1) is 25.2. The molecule has 1 unspecified atom stereocenters. The molecule has 1 aliphatic heterocycles. The van der Waals surface area contributed by atoms with Crippen LogP contribution in [0.25, 0.3) is 10.9 Å². The number of nitrogens with one attached hydrogen (secondary N) is 1. The molecule has 1 aromatic carbocycles. The average Bonchev–Trinajstić information content (AvgIpc) is 3.38. The molecule has 1 atom stereocenters. The Bertz CT molecular complexity index is 1260. The average molecular weight is 489 g/mol. The van der Waals surface area contributed by atoms with E-state index in [1.807, 2.05) is 30.3 Å². The molecule has 2 amide bonds. The Balaban J connectivity index is 0.000000709. The maximum Gasteiger partial charge on any atom is 0.270 e. The molecular formula is C27H32N6O3. The molecule has 2 aromatic heterocycles. The highest BCUT2D eigenvalue weighted by Gasteiger charge is 2.32. The molecule has 36 heavy (non-hydrogen) atoms. The molecule has 3 heterocycles. The van der Waals surface area contributed by atoms with Crippen molar-refractivity contribution >= 4 is 28.4 Å². The SMILES string of the molecule is CC(N)=O.Cc1nc(C(=O)NCc2ccnc3ccccc23)cc(C2=NOC(C3CCCCC3)C2)n1. The second kappa shape index (κ2) is 11.7. The van der Waals surface area contributed by atoms with Crippen molar-refractivity contribution in [3.63, 3.8) is 0 Å². The second-order valence-corrected chi connectivity index (χ2v) is 9.25. The number of pyridine rings is 1. The van der Waals surface area contributed by atoms with E-state index in [9.17, 15) is 9.59 Å². The van der Waals surface area contributed by atoms with Gasteiger partial charge in [-0.25, -0.2) is 9.97 Å². The summed E-state index contributed by atoms with van der Waals surface area (Å²) in [6.07, 6.45) is 8.88. The number of rotatable bonds is 5. The van der Waals surface area contributed by atoms with Crippen molar-refractivity contribution < 1.29 is 14.4 Å². The van der Waals surface area contributed by atoms with Crippen molar-refractivity contribution in [3.8, 4) is 0 Å². The van der Waals surface area contributed by atoms with E-state index in [-0.39, 0.29) is 17.9 Å². The Morgan fingerprint density at radius 3 is 2.64 bits per heavy atom. The minimum absolute atomic E-state index is 0.123. The molecule has 1 saturated carbocycles. The number of oxime groups is 1. The summed E-state index contributed by atoms with van der Waals surface area (Å²) in [5.74, 6) is 0.540. The summed E-state index contributed by atoms with van der Waals surface area (Å²) < 4.78 is 0. The molecule has 3 N–H and O–H groups in total. The van der Waals surface area contributed by atoms with E-state index in [1.54, 1.807) is 19.2 Å². The summed E-state index contributed by atoms with van der Waals surface area (Å²) in [6, 6.07) is 11.6. The van der Waals surface area contributed by atoms with Crippen LogP contribution in [0.2, 0.25) is 0 Å². The first-order chi connectivity index (χ1) is 17.4. The Morgan fingerprint density at radius 2 is 1.86 bits per heavy atom. The number of carbonyl (C=O) groups is 2. The Hall–Kier alpha value is -3.88. The highest BCUT2D eigenvalue weighted by atomic mass is 16.6. The van der Waals surface area contributed by atoms with Crippen molar-refractivity contribution in [1.82, 2.24) is 20.3 Å². The molecule has 5 rings (SSSR count). The number of hydrogen-bond donors (Lipinski definition) is 2. The van der Waals surface area contributed by atoms with Crippen molar-refractivity contribution in [3.05, 3.63) is 65.4 Å². The van der Waals surface area contributed by atoms with Crippen LogP contribution in [0.5, 0.6) is 0 Å². The molecule has 0 saturated heterocycles. The van der Waals surface area contributed by atoms with E-state index in [1.165, 1.54) is 39.0 Å². The number of fused-ring (bicyclic) bond motifs is 1. The van der Waals surface area contributed by atoms with Gasteiger partial charge in [-0.3, -0.25) is 14.6 Å². The molecule has 9 nitrogen and oxygen atoms in total. The molecule has 0 spiro atoms. The van der Waals surface area contributed by atoms with Gasteiger partial charge in [0.1, 0.15) is 23.3 Å². The number of nitrogens with two attached hydrogens (primary N) is 1. The van der Waals surface area contributed by atoms with E-state index in [4.69, 9.17) is 4.84 Å². The molecular weight excluding hydrogens is 456 g/mol. The molecule has 3 aromatic rings. The van der Waals surface area contributed by atoms with Crippen LogP contribution in [-0.4, -0.2) is 38.6 Å². The van der Waals surface area contributed by atoms with Gasteiger partial charge in [-0.2, -0.15) is 0 Å². The number of aryl methyl sites for hydroxylation is 1. The number of amides is 2. The first-order valence-electron chi connectivity index (χ1n) is 12.4. The third-order valence-electron chi connectivity index (χ3n) is 6.41. The number of nitrogens with zero attached hydrogens (tertiary/aromatic N) is 4. The monoisotopic (exact) mass is 488 g/mol. The molecule has 188 valence electrons. The van der Waals surface area contributed by atoms with Crippen LogP contribution in [0.3, 0.4) is 0 Å². The highest BCUT2D eigenvalue weighted by Crippen LogP contribution is 2.32. The van der Waals surface area contributed by atoms with Crippen molar-refractivity contribution in [2.45, 2.75) is 65.0 Å². The Labute approximate surface area is 210 Å². The molecule has 0 radical (unpaired) electrons. The van der Waals surface area contributed by atoms with Crippen LogP contribution in [0.15, 0.2) is 47.8 Å². The Morgan fingerprint density at radius 1 is 1.11 bits per heavy atom. The zero-order chi connectivity index (χ0) is 25.5. The van der Waals surface area contributed by atoms with Crippen LogP contribution in [-0.2, 0) is 16.2 Å². The summed E-state index contributed by atoms with van der Waals surface area (Å²) in [4.78, 5) is 41.1. The summed E-state index contributed by atoms with van der Waals surface area (Å²) >= 11 is 0. The fourth-order valence-corrected chi connectivity index (χ4v) is 4.71. The normalized spacial score (nSPS) is 17.5. The van der Waals surface area contributed by atoms with E-state index in [0.717, 1.165) is 28.6 Å². The standard InChI is InChI=1S/C25H27N5O2.C2H5NO/c1-16-28-21(22-14-24(32-30-22)17-7-3-2-4-8-17)13-23(29-16)25(31)27-15-18-11-12-26-20-10-6-5-9-19(18)20;1-2(3)4/h5-6,9-13,17,24H,2-4,7-8,14-15H2,1H3,(H,27,31);1H3,(H2,3,4). The number of primary amides is 1. The smallest absolute Gasteiger partial charge is 0.270 e. The van der Waals surface area contributed by atoms with Crippen LogP contribution >= 0.6 is 0 Å². The zero-order valence-electron chi connectivity index (χ0n) is 20.7. The maximum atomic E-state index is 12.9. The topological polar surface area (TPSA) is 132 Å². The lowest BCUT2D eigenvalue weighted by Crippen LogP contribution is -2.25. The first-order valence-corrected chi connectivity index (χ1v) is 12.4. The lowest BCUT2D eigenvalue weighted by Gasteiger charge is -2.25. The van der Waals surface area contributed by atoms with Gasteiger partial charge in [0.2, 0.25) is 5.91 Å². The van der Waals surface area contributed by atoms with Gasteiger partial charge in [-0.1, -0.05) is 42.6 Å². The van der Waals surface area contributed by atoms with Gasteiger partial charge < -0.3 is 15.9 Å².